The lowest BCUT2D eigenvalue weighted by molar-refractivity contribution is 0.0955. The fraction of sp³-hybridized carbons (Fsp3) is 0.300. The lowest BCUT2D eigenvalue weighted by Gasteiger charge is -2.14. The van der Waals surface area contributed by atoms with Crippen molar-refractivity contribution in [1.29, 1.82) is 0 Å². The van der Waals surface area contributed by atoms with Gasteiger partial charge in [-0.25, -0.2) is 5.43 Å². The second-order valence-electron chi connectivity index (χ2n) is 5.68. The largest absolute Gasteiger partial charge is 0.490 e. The second-order valence-corrected chi connectivity index (χ2v) is 6.84. The first kappa shape index (κ1) is 20.2. The molecule has 0 aromatic heterocycles. The van der Waals surface area contributed by atoms with Crippen LogP contribution in [0.25, 0.3) is 0 Å². The molecule has 0 unspecified atom stereocenters. The third-order valence-electron chi connectivity index (χ3n) is 3.48. The van der Waals surface area contributed by atoms with Gasteiger partial charge in [-0.1, -0.05) is 24.6 Å². The molecule has 6 heteroatoms. The average molecular weight is 466 g/mol. The van der Waals surface area contributed by atoms with Crippen LogP contribution in [0.3, 0.4) is 0 Å². The maximum Gasteiger partial charge on any atom is 0.271 e. The molecule has 1 amide bonds. The minimum Gasteiger partial charge on any atom is -0.490 e. The van der Waals surface area contributed by atoms with Crippen molar-refractivity contribution in [3.8, 4) is 11.5 Å². The van der Waals surface area contributed by atoms with Gasteiger partial charge in [0, 0.05) is 5.56 Å². The number of carbonyl (C=O) groups excluding carboxylic acids is 1. The summed E-state index contributed by atoms with van der Waals surface area (Å²) in [5, 5.41) is 4.05. The first-order valence-electron chi connectivity index (χ1n) is 8.54. The molecule has 0 spiro atoms. The van der Waals surface area contributed by atoms with E-state index in [1.165, 1.54) is 0 Å². The van der Waals surface area contributed by atoms with Gasteiger partial charge < -0.3 is 9.47 Å². The second kappa shape index (κ2) is 10.2. The number of hydrogen-bond donors (Lipinski definition) is 1. The molecule has 0 saturated carbocycles. The highest BCUT2D eigenvalue weighted by molar-refractivity contribution is 14.1. The topological polar surface area (TPSA) is 59.9 Å². The summed E-state index contributed by atoms with van der Waals surface area (Å²) in [4.78, 5) is 12.1. The van der Waals surface area contributed by atoms with Crippen LogP contribution in [0.4, 0.5) is 0 Å². The molecular formula is C20H23IN2O3. The molecule has 0 aliphatic heterocycles. The molecule has 0 heterocycles. The van der Waals surface area contributed by atoms with Crippen molar-refractivity contribution in [3.05, 3.63) is 56.7 Å². The van der Waals surface area contributed by atoms with Gasteiger partial charge in [0.25, 0.3) is 5.91 Å². The highest BCUT2D eigenvalue weighted by Crippen LogP contribution is 2.34. The number of hydrogen-bond acceptors (Lipinski definition) is 4. The number of halogens is 1. The van der Waals surface area contributed by atoms with Crippen molar-refractivity contribution in [1.82, 2.24) is 5.43 Å². The Morgan fingerprint density at radius 1 is 1.19 bits per heavy atom. The van der Waals surface area contributed by atoms with Gasteiger partial charge in [-0.2, -0.15) is 5.10 Å². The summed E-state index contributed by atoms with van der Waals surface area (Å²) in [6.45, 7) is 7.15. The van der Waals surface area contributed by atoms with E-state index >= 15 is 0 Å². The predicted molar refractivity (Wildman–Crippen MR) is 112 cm³/mol. The molecule has 0 aliphatic carbocycles. The fourth-order valence-electron chi connectivity index (χ4n) is 2.20. The molecule has 0 aliphatic rings. The van der Waals surface area contributed by atoms with Gasteiger partial charge in [0.2, 0.25) is 0 Å². The van der Waals surface area contributed by atoms with E-state index in [-0.39, 0.29) is 5.91 Å². The van der Waals surface area contributed by atoms with E-state index in [9.17, 15) is 4.79 Å². The molecule has 0 bridgehead atoms. The van der Waals surface area contributed by atoms with Gasteiger partial charge in [0.1, 0.15) is 0 Å². The Bertz CT molecular complexity index is 773. The third-order valence-corrected chi connectivity index (χ3v) is 4.28. The maximum atomic E-state index is 12.1. The van der Waals surface area contributed by atoms with E-state index in [2.05, 4.69) is 40.0 Å². The zero-order valence-electron chi connectivity index (χ0n) is 15.2. The number of nitrogens with one attached hydrogen (secondary N) is 1. The van der Waals surface area contributed by atoms with Gasteiger partial charge in [-0.05, 0) is 72.7 Å². The minimum atomic E-state index is -0.246. The van der Waals surface area contributed by atoms with Crippen LogP contribution >= 0.6 is 22.6 Å². The molecule has 2 rings (SSSR count). The number of rotatable bonds is 8. The van der Waals surface area contributed by atoms with Crippen LogP contribution in [-0.2, 0) is 0 Å². The van der Waals surface area contributed by atoms with Crippen LogP contribution in [-0.4, -0.2) is 25.3 Å². The Morgan fingerprint density at radius 3 is 2.58 bits per heavy atom. The molecule has 5 nitrogen and oxygen atoms in total. The van der Waals surface area contributed by atoms with Crippen LogP contribution in [0, 0.1) is 10.5 Å². The number of benzene rings is 2. The van der Waals surface area contributed by atoms with Gasteiger partial charge in [-0.3, -0.25) is 4.79 Å². The predicted octanol–water partition coefficient (Wildman–Crippen LogP) is 4.55. The summed E-state index contributed by atoms with van der Waals surface area (Å²) in [6, 6.07) is 11.1. The van der Waals surface area contributed by atoms with Crippen molar-refractivity contribution in [3.63, 3.8) is 0 Å². The summed E-state index contributed by atoms with van der Waals surface area (Å²) in [5.74, 6) is 1.18. The normalized spacial score (nSPS) is 10.8. The monoisotopic (exact) mass is 466 g/mol. The zero-order valence-corrected chi connectivity index (χ0v) is 17.4. The Morgan fingerprint density at radius 2 is 1.92 bits per heavy atom. The number of aryl methyl sites for hydroxylation is 1. The molecule has 26 heavy (non-hydrogen) atoms. The molecule has 0 saturated heterocycles. The molecule has 0 radical (unpaired) electrons. The first-order chi connectivity index (χ1) is 12.5. The number of ether oxygens (including phenoxy) is 2. The minimum absolute atomic E-state index is 0.246. The fourth-order valence-corrected chi connectivity index (χ4v) is 2.99. The van der Waals surface area contributed by atoms with E-state index in [1.54, 1.807) is 18.3 Å². The smallest absolute Gasteiger partial charge is 0.271 e. The Kier molecular flexibility index (Phi) is 7.90. The van der Waals surface area contributed by atoms with Crippen LogP contribution in [0.1, 0.15) is 41.8 Å². The standard InChI is InChI=1S/C20H23IN2O3/c1-4-10-26-19-17(21)11-15(12-18(19)25-5-2)13-22-23-20(24)16-8-6-14(3)7-9-16/h6-9,11-13H,4-5,10H2,1-3H3,(H,23,24)/b22-13+. The lowest BCUT2D eigenvalue weighted by atomic mass is 10.1. The lowest BCUT2D eigenvalue weighted by Crippen LogP contribution is -2.17. The maximum absolute atomic E-state index is 12.1. The van der Waals surface area contributed by atoms with Crippen LogP contribution in [0.15, 0.2) is 41.5 Å². The van der Waals surface area contributed by atoms with Gasteiger partial charge in [0.05, 0.1) is 23.0 Å². The molecule has 138 valence electrons. The van der Waals surface area contributed by atoms with Crippen molar-refractivity contribution in [2.75, 3.05) is 13.2 Å². The molecule has 0 atom stereocenters. The summed E-state index contributed by atoms with van der Waals surface area (Å²) in [7, 11) is 0. The van der Waals surface area contributed by atoms with Gasteiger partial charge in [-0.15, -0.1) is 0 Å². The van der Waals surface area contributed by atoms with Gasteiger partial charge >= 0.3 is 0 Å². The highest BCUT2D eigenvalue weighted by atomic mass is 127. The van der Waals surface area contributed by atoms with E-state index in [4.69, 9.17) is 9.47 Å². The number of amides is 1. The third kappa shape index (κ3) is 5.72. The molecule has 2 aromatic rings. The quantitative estimate of drug-likeness (QED) is 0.353. The van der Waals surface area contributed by atoms with Crippen molar-refractivity contribution >= 4 is 34.7 Å². The Balaban J connectivity index is 2.11. The highest BCUT2D eigenvalue weighted by Gasteiger charge is 2.11. The first-order valence-corrected chi connectivity index (χ1v) is 9.62. The molecular weight excluding hydrogens is 443 g/mol. The van der Waals surface area contributed by atoms with Gasteiger partial charge in [0.15, 0.2) is 11.5 Å². The van der Waals surface area contributed by atoms with Crippen LogP contribution < -0.4 is 14.9 Å². The van der Waals surface area contributed by atoms with E-state index in [0.717, 1.165) is 26.9 Å². The van der Waals surface area contributed by atoms with E-state index in [0.29, 0.717) is 24.5 Å². The molecule has 0 fully saturated rings. The summed E-state index contributed by atoms with van der Waals surface area (Å²) in [6.07, 6.45) is 2.52. The summed E-state index contributed by atoms with van der Waals surface area (Å²) < 4.78 is 12.4. The summed E-state index contributed by atoms with van der Waals surface area (Å²) in [5.41, 5.74) is 5.04. The Hall–Kier alpha value is -2.09. The van der Waals surface area contributed by atoms with Crippen LogP contribution in [0.5, 0.6) is 11.5 Å². The zero-order chi connectivity index (χ0) is 18.9. The van der Waals surface area contributed by atoms with E-state index in [1.807, 2.05) is 38.1 Å². The SMILES string of the molecule is CCCOc1c(I)cc(/C=N/NC(=O)c2ccc(C)cc2)cc1OCC. The van der Waals surface area contributed by atoms with Crippen LogP contribution in [0.2, 0.25) is 0 Å². The number of nitrogens with zero attached hydrogens (tertiary/aromatic N) is 1. The van der Waals surface area contributed by atoms with Crippen molar-refractivity contribution < 1.29 is 14.3 Å². The van der Waals surface area contributed by atoms with Crippen molar-refractivity contribution in [2.24, 2.45) is 5.10 Å². The summed E-state index contributed by atoms with van der Waals surface area (Å²) >= 11 is 2.21. The van der Waals surface area contributed by atoms with Crippen molar-refractivity contribution in [2.45, 2.75) is 27.2 Å². The average Bonchev–Trinajstić information content (AvgIpc) is 2.62. The number of hydrazone groups is 1. The molecule has 2 aromatic carbocycles. The molecule has 1 N–H and O–H groups in total. The Labute approximate surface area is 167 Å². The van der Waals surface area contributed by atoms with E-state index < -0.39 is 0 Å². The number of carbonyl (C=O) groups is 1.